The van der Waals surface area contributed by atoms with Gasteiger partial charge in [-0.05, 0) is 17.7 Å². The Balaban J connectivity index is 2.17. The molecule has 0 unspecified atom stereocenters. The Morgan fingerprint density at radius 1 is 1.29 bits per heavy atom. The summed E-state index contributed by atoms with van der Waals surface area (Å²) in [6.07, 6.45) is 1.03. The highest BCUT2D eigenvalue weighted by atomic mass is 16.2. The average molecular weight is 280 g/mol. The Kier molecular flexibility index (Phi) is 4.27. The summed E-state index contributed by atoms with van der Waals surface area (Å²) in [6.45, 7) is 0. The molecule has 1 aliphatic heterocycles. The molecule has 0 radical (unpaired) electrons. The molecule has 0 spiro atoms. The van der Waals surface area contributed by atoms with Crippen LogP contribution in [-0.4, -0.2) is 24.4 Å². The van der Waals surface area contributed by atoms with Gasteiger partial charge < -0.3 is 0 Å². The Hall–Kier alpha value is -3.19. The second-order valence-corrected chi connectivity index (χ2v) is 4.34. The Labute approximate surface area is 121 Å². The van der Waals surface area contributed by atoms with Crippen molar-refractivity contribution in [2.75, 3.05) is 12.1 Å². The fraction of sp³-hybridized carbons (Fsp3) is 0.214. The van der Waals surface area contributed by atoms with E-state index < -0.39 is 0 Å². The number of amides is 1. The van der Waals surface area contributed by atoms with E-state index in [4.69, 9.17) is 10.5 Å². The lowest BCUT2D eigenvalue weighted by molar-refractivity contribution is -0.121. The zero-order valence-electron chi connectivity index (χ0n) is 11.4. The molecule has 2 rings (SSSR count). The number of hydrogen-bond acceptors (Lipinski definition) is 6. The lowest BCUT2D eigenvalue weighted by Gasteiger charge is -2.15. The van der Waals surface area contributed by atoms with E-state index in [1.54, 1.807) is 19.2 Å². The van der Waals surface area contributed by atoms with E-state index in [-0.39, 0.29) is 11.6 Å². The van der Waals surface area contributed by atoms with Crippen molar-refractivity contribution < 1.29 is 4.79 Å². The molecule has 1 aliphatic rings. The molecule has 1 heterocycles. The van der Waals surface area contributed by atoms with E-state index in [0.29, 0.717) is 12.8 Å². The molecule has 1 aromatic rings. The molecule has 0 saturated carbocycles. The molecule has 0 fully saturated rings. The third-order valence-corrected chi connectivity index (χ3v) is 2.94. The number of carbonyl (C=O) groups excluding carboxylic acids is 1. The average Bonchev–Trinajstić information content (AvgIpc) is 2.53. The van der Waals surface area contributed by atoms with Crippen LogP contribution in [0.5, 0.6) is 0 Å². The van der Waals surface area contributed by atoms with E-state index >= 15 is 0 Å². The topological polar surface area (TPSA) is 105 Å². The summed E-state index contributed by atoms with van der Waals surface area (Å²) in [6, 6.07) is 10.7. The smallest absolute Gasteiger partial charge is 0.240 e. The number of hydrazone groups is 2. The molecule has 0 aliphatic carbocycles. The second kappa shape index (κ2) is 6.31. The number of nitrogens with one attached hydrogen (secondary N) is 1. The van der Waals surface area contributed by atoms with E-state index in [1.165, 1.54) is 5.01 Å². The first-order valence-corrected chi connectivity index (χ1v) is 6.22. The van der Waals surface area contributed by atoms with Gasteiger partial charge in [-0.25, -0.2) is 5.43 Å². The summed E-state index contributed by atoms with van der Waals surface area (Å²) in [5, 5.41) is 26.7. The highest BCUT2D eigenvalue weighted by Crippen LogP contribution is 2.17. The van der Waals surface area contributed by atoms with E-state index in [9.17, 15) is 4.79 Å². The summed E-state index contributed by atoms with van der Waals surface area (Å²) in [5.41, 5.74) is 4.72. The predicted octanol–water partition coefficient (Wildman–Crippen LogP) is 1.14. The molecule has 0 bridgehead atoms. The number of nitriles is 2. The number of hydrogen-bond donors (Lipinski definition) is 1. The number of carbonyl (C=O) groups is 1. The molecule has 104 valence electrons. The minimum Gasteiger partial charge on any atom is -0.273 e. The summed E-state index contributed by atoms with van der Waals surface area (Å²) in [5.74, 6) is -0.0787. The van der Waals surface area contributed by atoms with Crippen LogP contribution in [0.15, 0.2) is 34.5 Å². The standard InChI is InChI=1S/C14H12N6O/c1-20(19-11(8-15)9-16)12-4-2-10(3-5-12)13-6-7-14(21)18-17-13/h2-5H,6-7H2,1H3,(H,18,21). The molecule has 1 amide bonds. The van der Waals surface area contributed by atoms with Crippen molar-refractivity contribution in [3.05, 3.63) is 29.8 Å². The Bertz CT molecular complexity index is 674. The van der Waals surface area contributed by atoms with Crippen molar-refractivity contribution in [1.82, 2.24) is 5.43 Å². The lowest BCUT2D eigenvalue weighted by atomic mass is 10.0. The van der Waals surface area contributed by atoms with Gasteiger partial charge in [-0.2, -0.15) is 20.7 Å². The van der Waals surface area contributed by atoms with Crippen molar-refractivity contribution in [2.24, 2.45) is 10.2 Å². The van der Waals surface area contributed by atoms with Gasteiger partial charge in [-0.1, -0.05) is 12.1 Å². The van der Waals surface area contributed by atoms with Gasteiger partial charge in [0.25, 0.3) is 0 Å². The maximum Gasteiger partial charge on any atom is 0.240 e. The third-order valence-electron chi connectivity index (χ3n) is 2.94. The van der Waals surface area contributed by atoms with Gasteiger partial charge in [-0.15, -0.1) is 0 Å². The monoisotopic (exact) mass is 280 g/mol. The number of benzene rings is 1. The van der Waals surface area contributed by atoms with Gasteiger partial charge in [0.1, 0.15) is 12.1 Å². The van der Waals surface area contributed by atoms with Crippen molar-refractivity contribution >= 4 is 23.0 Å². The second-order valence-electron chi connectivity index (χ2n) is 4.34. The molecule has 0 atom stereocenters. The molecule has 1 aromatic carbocycles. The minimum atomic E-state index is -0.207. The zero-order valence-corrected chi connectivity index (χ0v) is 11.4. The first-order valence-electron chi connectivity index (χ1n) is 6.22. The van der Waals surface area contributed by atoms with Crippen LogP contribution in [0.3, 0.4) is 0 Å². The first-order chi connectivity index (χ1) is 10.1. The van der Waals surface area contributed by atoms with Crippen LogP contribution in [0.2, 0.25) is 0 Å². The Morgan fingerprint density at radius 3 is 2.48 bits per heavy atom. The lowest BCUT2D eigenvalue weighted by Crippen LogP contribution is -2.25. The predicted molar refractivity (Wildman–Crippen MR) is 77.4 cm³/mol. The van der Waals surface area contributed by atoms with Gasteiger partial charge in [0.05, 0.1) is 11.4 Å². The largest absolute Gasteiger partial charge is 0.273 e. The Morgan fingerprint density at radius 2 is 1.95 bits per heavy atom. The van der Waals surface area contributed by atoms with Crippen LogP contribution in [0, 0.1) is 22.7 Å². The number of anilines is 1. The molecule has 21 heavy (non-hydrogen) atoms. The summed E-state index contributed by atoms with van der Waals surface area (Å²) < 4.78 is 0. The van der Waals surface area contributed by atoms with Crippen LogP contribution >= 0.6 is 0 Å². The molecular weight excluding hydrogens is 268 g/mol. The molecule has 7 nitrogen and oxygen atoms in total. The first kappa shape index (κ1) is 14.2. The molecular formula is C14H12N6O. The normalized spacial score (nSPS) is 13.3. The molecule has 0 saturated heterocycles. The minimum absolute atomic E-state index is 0.0787. The maximum atomic E-state index is 11.1. The van der Waals surface area contributed by atoms with Gasteiger partial charge in [-0.3, -0.25) is 9.80 Å². The van der Waals surface area contributed by atoms with Crippen LogP contribution in [0.25, 0.3) is 0 Å². The maximum absolute atomic E-state index is 11.1. The van der Waals surface area contributed by atoms with E-state index in [2.05, 4.69) is 15.6 Å². The number of nitrogens with zero attached hydrogens (tertiary/aromatic N) is 5. The van der Waals surface area contributed by atoms with Crippen molar-refractivity contribution in [2.45, 2.75) is 12.8 Å². The molecule has 7 heteroatoms. The van der Waals surface area contributed by atoms with E-state index in [1.807, 2.05) is 24.3 Å². The molecule has 1 N–H and O–H groups in total. The van der Waals surface area contributed by atoms with Gasteiger partial charge >= 0.3 is 0 Å². The van der Waals surface area contributed by atoms with Gasteiger partial charge in [0.15, 0.2) is 0 Å². The van der Waals surface area contributed by atoms with Crippen molar-refractivity contribution in [3.8, 4) is 12.1 Å². The van der Waals surface area contributed by atoms with Gasteiger partial charge in [0, 0.05) is 19.9 Å². The number of rotatable bonds is 3. The van der Waals surface area contributed by atoms with Crippen molar-refractivity contribution in [1.29, 1.82) is 10.5 Å². The summed E-state index contributed by atoms with van der Waals surface area (Å²) in [7, 11) is 1.65. The summed E-state index contributed by atoms with van der Waals surface area (Å²) in [4.78, 5) is 11.1. The third kappa shape index (κ3) is 3.43. The highest BCUT2D eigenvalue weighted by Gasteiger charge is 2.13. The van der Waals surface area contributed by atoms with Crippen LogP contribution in [0.4, 0.5) is 5.69 Å². The molecule has 0 aromatic heterocycles. The van der Waals surface area contributed by atoms with Crippen LogP contribution in [0.1, 0.15) is 18.4 Å². The zero-order chi connectivity index (χ0) is 15.2. The van der Waals surface area contributed by atoms with Gasteiger partial charge in [0.2, 0.25) is 11.6 Å². The fourth-order valence-electron chi connectivity index (χ4n) is 1.83. The quantitative estimate of drug-likeness (QED) is 0.662. The SMILES string of the molecule is CN(N=C(C#N)C#N)c1ccc(C2=NNC(=O)CC2)cc1. The highest BCUT2D eigenvalue weighted by molar-refractivity contribution is 6.10. The van der Waals surface area contributed by atoms with Crippen molar-refractivity contribution in [3.63, 3.8) is 0 Å². The van der Waals surface area contributed by atoms with E-state index in [0.717, 1.165) is 17.0 Å². The fourth-order valence-corrected chi connectivity index (χ4v) is 1.83. The van der Waals surface area contributed by atoms with Crippen LogP contribution in [-0.2, 0) is 4.79 Å². The van der Waals surface area contributed by atoms with Crippen LogP contribution < -0.4 is 10.4 Å². The summed E-state index contributed by atoms with van der Waals surface area (Å²) >= 11 is 0.